The zero-order valence-electron chi connectivity index (χ0n) is 12.5. The summed E-state index contributed by atoms with van der Waals surface area (Å²) < 4.78 is 1.97. The van der Waals surface area contributed by atoms with Crippen LogP contribution in [0, 0.1) is 0 Å². The van der Waals surface area contributed by atoms with Gasteiger partial charge in [-0.1, -0.05) is 12.1 Å². The number of nitrogens with zero attached hydrogens (tertiary/aromatic N) is 4. The van der Waals surface area contributed by atoms with Gasteiger partial charge in [-0.15, -0.1) is 0 Å². The maximum atomic E-state index is 11.4. The van der Waals surface area contributed by atoms with Gasteiger partial charge in [-0.25, -0.2) is 14.6 Å². The zero-order valence-corrected chi connectivity index (χ0v) is 12.5. The SMILES string of the molecule is O=C(O)N1CCN(C(=O)O)[C@H](CCn2cnc3ccccc32)C1. The molecule has 2 aromatic rings. The van der Waals surface area contributed by atoms with Gasteiger partial charge in [0.05, 0.1) is 23.4 Å². The number of carbonyl (C=O) groups is 2. The smallest absolute Gasteiger partial charge is 0.407 e. The molecule has 0 bridgehead atoms. The second-order valence-corrected chi connectivity index (χ2v) is 5.57. The van der Waals surface area contributed by atoms with Crippen molar-refractivity contribution in [2.75, 3.05) is 19.6 Å². The van der Waals surface area contributed by atoms with Crippen molar-refractivity contribution in [3.63, 3.8) is 0 Å². The molecule has 23 heavy (non-hydrogen) atoms. The lowest BCUT2D eigenvalue weighted by atomic mass is 10.1. The van der Waals surface area contributed by atoms with Crippen molar-refractivity contribution in [2.45, 2.75) is 19.0 Å². The van der Waals surface area contributed by atoms with Crippen LogP contribution in [0.2, 0.25) is 0 Å². The number of aryl methyl sites for hydroxylation is 1. The third-order valence-corrected chi connectivity index (χ3v) is 4.23. The number of rotatable bonds is 3. The molecule has 1 aliphatic rings. The first-order valence-electron chi connectivity index (χ1n) is 7.43. The van der Waals surface area contributed by atoms with Gasteiger partial charge < -0.3 is 24.6 Å². The van der Waals surface area contributed by atoms with Crippen LogP contribution >= 0.6 is 0 Å². The first-order valence-corrected chi connectivity index (χ1v) is 7.43. The zero-order chi connectivity index (χ0) is 16.4. The van der Waals surface area contributed by atoms with E-state index in [1.807, 2.05) is 28.8 Å². The van der Waals surface area contributed by atoms with E-state index in [0.717, 1.165) is 11.0 Å². The molecule has 0 spiro atoms. The highest BCUT2D eigenvalue weighted by atomic mass is 16.4. The predicted octanol–water partition coefficient (Wildman–Crippen LogP) is 1.77. The molecule has 1 aliphatic heterocycles. The number of hydrogen-bond acceptors (Lipinski definition) is 3. The van der Waals surface area contributed by atoms with E-state index in [1.165, 1.54) is 9.80 Å². The third-order valence-electron chi connectivity index (χ3n) is 4.23. The predicted molar refractivity (Wildman–Crippen MR) is 82.5 cm³/mol. The molecule has 2 amide bonds. The van der Waals surface area contributed by atoms with Gasteiger partial charge in [-0.3, -0.25) is 0 Å². The van der Waals surface area contributed by atoms with Gasteiger partial charge in [0.25, 0.3) is 0 Å². The molecule has 1 fully saturated rings. The lowest BCUT2D eigenvalue weighted by Gasteiger charge is -2.38. The molecule has 3 rings (SSSR count). The largest absolute Gasteiger partial charge is 0.465 e. The Morgan fingerprint density at radius 1 is 1.17 bits per heavy atom. The summed E-state index contributed by atoms with van der Waals surface area (Å²) in [6.07, 6.45) is 0.257. The Labute approximate surface area is 132 Å². The van der Waals surface area contributed by atoms with Gasteiger partial charge in [0, 0.05) is 26.2 Å². The minimum absolute atomic E-state index is 0.203. The van der Waals surface area contributed by atoms with E-state index in [0.29, 0.717) is 13.0 Å². The monoisotopic (exact) mass is 318 g/mol. The number of piperazine rings is 1. The molecule has 2 heterocycles. The van der Waals surface area contributed by atoms with Crippen molar-refractivity contribution in [1.29, 1.82) is 0 Å². The van der Waals surface area contributed by atoms with Crippen LogP contribution in [0.4, 0.5) is 9.59 Å². The normalized spacial score (nSPS) is 18.3. The number of aromatic nitrogens is 2. The van der Waals surface area contributed by atoms with Crippen LogP contribution in [0.1, 0.15) is 6.42 Å². The van der Waals surface area contributed by atoms with E-state index >= 15 is 0 Å². The highest BCUT2D eigenvalue weighted by Crippen LogP contribution is 2.17. The van der Waals surface area contributed by atoms with Gasteiger partial charge in [-0.2, -0.15) is 0 Å². The topological polar surface area (TPSA) is 98.9 Å². The minimum atomic E-state index is -1.01. The Kier molecular flexibility index (Phi) is 4.05. The van der Waals surface area contributed by atoms with E-state index in [-0.39, 0.29) is 25.7 Å². The van der Waals surface area contributed by atoms with Gasteiger partial charge >= 0.3 is 12.2 Å². The van der Waals surface area contributed by atoms with Crippen molar-refractivity contribution >= 4 is 23.2 Å². The Morgan fingerprint density at radius 2 is 1.96 bits per heavy atom. The second-order valence-electron chi connectivity index (χ2n) is 5.57. The van der Waals surface area contributed by atoms with Crippen molar-refractivity contribution in [2.24, 2.45) is 0 Å². The first kappa shape index (κ1) is 15.1. The quantitative estimate of drug-likeness (QED) is 0.898. The van der Waals surface area contributed by atoms with Crippen LogP contribution in [-0.2, 0) is 6.54 Å². The summed E-state index contributed by atoms with van der Waals surface area (Å²) >= 11 is 0. The van der Waals surface area contributed by atoms with Crippen LogP contribution < -0.4 is 0 Å². The summed E-state index contributed by atoms with van der Waals surface area (Å²) in [7, 11) is 0. The molecule has 8 nitrogen and oxygen atoms in total. The molecule has 0 unspecified atom stereocenters. The number of benzene rings is 1. The summed E-state index contributed by atoms with van der Waals surface area (Å²) in [5.41, 5.74) is 1.87. The average Bonchev–Trinajstić information content (AvgIpc) is 2.95. The molecule has 0 aliphatic carbocycles. The fourth-order valence-electron chi connectivity index (χ4n) is 3.00. The van der Waals surface area contributed by atoms with Crippen molar-refractivity contribution in [3.8, 4) is 0 Å². The number of para-hydroxylation sites is 2. The number of imidazole rings is 1. The van der Waals surface area contributed by atoms with E-state index < -0.39 is 12.2 Å². The molecule has 1 atom stereocenters. The Bertz CT molecular complexity index is 729. The van der Waals surface area contributed by atoms with Crippen LogP contribution in [0.3, 0.4) is 0 Å². The maximum absolute atomic E-state index is 11.4. The van der Waals surface area contributed by atoms with E-state index in [9.17, 15) is 14.7 Å². The van der Waals surface area contributed by atoms with Crippen molar-refractivity contribution in [3.05, 3.63) is 30.6 Å². The fraction of sp³-hybridized carbons (Fsp3) is 0.400. The minimum Gasteiger partial charge on any atom is -0.465 e. The van der Waals surface area contributed by atoms with Crippen LogP contribution in [0.25, 0.3) is 11.0 Å². The van der Waals surface area contributed by atoms with Gasteiger partial charge in [0.15, 0.2) is 0 Å². The molecule has 1 aromatic carbocycles. The number of fused-ring (bicyclic) bond motifs is 1. The van der Waals surface area contributed by atoms with Gasteiger partial charge in [-0.05, 0) is 18.6 Å². The molecule has 1 saturated heterocycles. The lowest BCUT2D eigenvalue weighted by Crippen LogP contribution is -2.56. The highest BCUT2D eigenvalue weighted by Gasteiger charge is 2.32. The highest BCUT2D eigenvalue weighted by molar-refractivity contribution is 5.74. The summed E-state index contributed by atoms with van der Waals surface area (Å²) in [6.45, 7) is 1.21. The summed E-state index contributed by atoms with van der Waals surface area (Å²) in [6, 6.07) is 7.37. The number of amides is 2. The van der Waals surface area contributed by atoms with Gasteiger partial charge in [0.1, 0.15) is 0 Å². The Morgan fingerprint density at radius 3 is 2.70 bits per heavy atom. The van der Waals surface area contributed by atoms with Crippen molar-refractivity contribution < 1.29 is 19.8 Å². The molecule has 122 valence electrons. The van der Waals surface area contributed by atoms with E-state index in [4.69, 9.17) is 5.11 Å². The van der Waals surface area contributed by atoms with E-state index in [2.05, 4.69) is 4.98 Å². The standard InChI is InChI=1S/C15H18N4O4/c20-14(21)17-7-8-19(15(22)23)11(9-17)5-6-18-10-16-12-3-1-2-4-13(12)18/h1-4,10-11H,5-9H2,(H,20,21)(H,22,23)/t11-/m1/s1. The van der Waals surface area contributed by atoms with Crippen molar-refractivity contribution in [1.82, 2.24) is 19.4 Å². The molecular formula is C15H18N4O4. The Balaban J connectivity index is 1.73. The summed E-state index contributed by atoms with van der Waals surface area (Å²) in [4.78, 5) is 29.4. The van der Waals surface area contributed by atoms with Crippen LogP contribution in [0.5, 0.6) is 0 Å². The van der Waals surface area contributed by atoms with E-state index in [1.54, 1.807) is 6.33 Å². The van der Waals surface area contributed by atoms with Crippen LogP contribution in [-0.4, -0.2) is 67.4 Å². The Hall–Kier alpha value is -2.77. The molecule has 1 aromatic heterocycles. The second kappa shape index (κ2) is 6.15. The number of carboxylic acid groups (broad SMARTS) is 2. The van der Waals surface area contributed by atoms with Gasteiger partial charge in [0.2, 0.25) is 0 Å². The molecule has 2 N–H and O–H groups in total. The first-order chi connectivity index (χ1) is 11.1. The third kappa shape index (κ3) is 3.05. The summed E-state index contributed by atoms with van der Waals surface area (Å²) in [5, 5.41) is 18.4. The maximum Gasteiger partial charge on any atom is 0.407 e. The molecule has 8 heteroatoms. The molecule has 0 saturated carbocycles. The lowest BCUT2D eigenvalue weighted by molar-refractivity contribution is 0.0598. The molecular weight excluding hydrogens is 300 g/mol. The average molecular weight is 318 g/mol. The molecule has 0 radical (unpaired) electrons. The fourth-order valence-corrected chi connectivity index (χ4v) is 3.00. The summed E-state index contributed by atoms with van der Waals surface area (Å²) in [5.74, 6) is 0. The number of hydrogen-bond donors (Lipinski definition) is 2. The van der Waals surface area contributed by atoms with Crippen LogP contribution in [0.15, 0.2) is 30.6 Å².